The smallest absolute Gasteiger partial charge is 0.250 e. The second kappa shape index (κ2) is 12.4. The summed E-state index contributed by atoms with van der Waals surface area (Å²) in [6.07, 6.45) is 5.56. The van der Waals surface area contributed by atoms with E-state index in [1.165, 1.54) is 40.6 Å². The van der Waals surface area contributed by atoms with Gasteiger partial charge in [-0.15, -0.1) is 0 Å². The highest BCUT2D eigenvalue weighted by Crippen LogP contribution is 2.49. The molecule has 4 rings (SSSR count). The van der Waals surface area contributed by atoms with E-state index in [1.807, 2.05) is 18.2 Å². The Hall–Kier alpha value is -1.79. The molecule has 1 aliphatic heterocycles. The first-order valence-corrected chi connectivity index (χ1v) is 16.9. The van der Waals surface area contributed by atoms with Gasteiger partial charge in [-0.1, -0.05) is 57.5 Å². The van der Waals surface area contributed by atoms with Gasteiger partial charge in [0.05, 0.1) is 25.0 Å². The lowest BCUT2D eigenvalue weighted by Gasteiger charge is -2.44. The molecule has 0 aromatic heterocycles. The van der Waals surface area contributed by atoms with Gasteiger partial charge in [0.2, 0.25) is 8.32 Å². The average molecular weight is 542 g/mol. The first-order chi connectivity index (χ1) is 17.9. The van der Waals surface area contributed by atoms with Gasteiger partial charge in [0, 0.05) is 30.5 Å². The van der Waals surface area contributed by atoms with E-state index in [2.05, 4.69) is 63.4 Å². The normalized spacial score (nSPS) is 22.0. The molecule has 0 saturated heterocycles. The van der Waals surface area contributed by atoms with Crippen LogP contribution >= 0.6 is 11.6 Å². The maximum atomic E-state index is 6.92. The number of rotatable bonds is 12. The Kier molecular flexibility index (Phi) is 9.44. The van der Waals surface area contributed by atoms with Crippen LogP contribution in [0.4, 0.5) is 0 Å². The van der Waals surface area contributed by atoms with Crippen LogP contribution in [0.25, 0.3) is 0 Å². The van der Waals surface area contributed by atoms with Crippen LogP contribution in [0.15, 0.2) is 54.3 Å². The van der Waals surface area contributed by atoms with Crippen molar-refractivity contribution in [3.05, 3.63) is 76.0 Å². The zero-order valence-corrected chi connectivity index (χ0v) is 25.0. The number of hydrogen-bond acceptors (Lipinski definition) is 4. The van der Waals surface area contributed by atoms with Gasteiger partial charge in [-0.2, -0.15) is 0 Å². The number of ether oxygens (including phenoxy) is 2. The Balaban J connectivity index is 1.51. The van der Waals surface area contributed by atoms with E-state index in [9.17, 15) is 0 Å². The fraction of sp³-hybridized carbons (Fsp3) is 0.548. The molecule has 202 valence electrons. The lowest BCUT2D eigenvalue weighted by atomic mass is 9.69. The van der Waals surface area contributed by atoms with E-state index in [-0.39, 0.29) is 5.54 Å². The van der Waals surface area contributed by atoms with Crippen LogP contribution in [-0.4, -0.2) is 22.0 Å². The quantitative estimate of drug-likeness (QED) is 0.275. The topological polar surface area (TPSA) is 39.7 Å². The molecule has 0 radical (unpaired) electrons. The highest BCUT2D eigenvalue weighted by Gasteiger charge is 2.47. The Morgan fingerprint density at radius 3 is 2.49 bits per heavy atom. The van der Waals surface area contributed by atoms with E-state index >= 15 is 0 Å². The first kappa shape index (κ1) is 28.2. The van der Waals surface area contributed by atoms with Gasteiger partial charge < -0.3 is 19.2 Å². The summed E-state index contributed by atoms with van der Waals surface area (Å²) >= 11 is 6.36. The number of methoxy groups -OCH3 is 1. The summed E-state index contributed by atoms with van der Waals surface area (Å²) in [5, 5.41) is 4.75. The molecule has 1 spiro atoms. The monoisotopic (exact) mass is 541 g/mol. The predicted octanol–water partition coefficient (Wildman–Crippen LogP) is 8.21. The van der Waals surface area contributed by atoms with E-state index in [0.717, 1.165) is 43.2 Å². The SMILES string of the molecule is CC[Si](CC)(CC)OC1=CC(C[C@@H](C)COCc2ccc(OC)cc2)C2(CC1)NCc1cc(Cl)ccc12. The van der Waals surface area contributed by atoms with Crippen molar-refractivity contribution in [2.24, 2.45) is 11.8 Å². The summed E-state index contributed by atoms with van der Waals surface area (Å²) in [5.74, 6) is 2.86. The van der Waals surface area contributed by atoms with Crippen LogP contribution in [0.3, 0.4) is 0 Å². The second-order valence-corrected chi connectivity index (χ2v) is 16.0. The molecule has 0 saturated carbocycles. The highest BCUT2D eigenvalue weighted by molar-refractivity contribution is 6.73. The Morgan fingerprint density at radius 2 is 1.81 bits per heavy atom. The van der Waals surface area contributed by atoms with Crippen molar-refractivity contribution in [2.75, 3.05) is 13.7 Å². The molecular formula is C31H44ClNO3Si. The van der Waals surface area contributed by atoms with Crippen molar-refractivity contribution >= 4 is 19.9 Å². The molecule has 0 amide bonds. The van der Waals surface area contributed by atoms with Gasteiger partial charge in [-0.25, -0.2) is 0 Å². The molecule has 2 unspecified atom stereocenters. The fourth-order valence-corrected chi connectivity index (χ4v) is 9.06. The number of halogens is 1. The number of allylic oxidation sites excluding steroid dienone is 1. The minimum atomic E-state index is -1.71. The lowest BCUT2D eigenvalue weighted by Crippen LogP contribution is -2.47. The molecule has 1 aliphatic carbocycles. The number of fused-ring (bicyclic) bond motifs is 2. The summed E-state index contributed by atoms with van der Waals surface area (Å²) in [6, 6.07) is 18.1. The number of nitrogens with one attached hydrogen (secondary N) is 1. The summed E-state index contributed by atoms with van der Waals surface area (Å²) in [5.41, 5.74) is 3.85. The molecule has 4 nitrogen and oxygen atoms in total. The second-order valence-electron chi connectivity index (χ2n) is 10.9. The number of benzene rings is 2. The Morgan fingerprint density at radius 1 is 1.08 bits per heavy atom. The van der Waals surface area contributed by atoms with E-state index in [4.69, 9.17) is 25.5 Å². The summed E-state index contributed by atoms with van der Waals surface area (Å²) in [6.45, 7) is 11.5. The van der Waals surface area contributed by atoms with Crippen LogP contribution in [0.5, 0.6) is 5.75 Å². The van der Waals surface area contributed by atoms with Crippen molar-refractivity contribution in [3.8, 4) is 5.75 Å². The largest absolute Gasteiger partial charge is 0.547 e. The molecular weight excluding hydrogens is 498 g/mol. The first-order valence-electron chi connectivity index (χ1n) is 14.0. The molecule has 2 aromatic carbocycles. The maximum Gasteiger partial charge on any atom is 0.250 e. The van der Waals surface area contributed by atoms with Gasteiger partial charge in [0.1, 0.15) is 5.75 Å². The zero-order chi connectivity index (χ0) is 26.5. The fourth-order valence-electron chi connectivity index (χ4n) is 6.20. The minimum Gasteiger partial charge on any atom is -0.547 e. The third kappa shape index (κ3) is 6.27. The van der Waals surface area contributed by atoms with Gasteiger partial charge in [-0.05, 0) is 83.9 Å². The van der Waals surface area contributed by atoms with Crippen molar-refractivity contribution in [3.63, 3.8) is 0 Å². The van der Waals surface area contributed by atoms with Crippen LogP contribution < -0.4 is 10.1 Å². The molecule has 6 heteroatoms. The van der Waals surface area contributed by atoms with Gasteiger partial charge in [-0.3, -0.25) is 0 Å². The lowest BCUT2D eigenvalue weighted by molar-refractivity contribution is 0.0758. The molecule has 1 heterocycles. The molecule has 0 fully saturated rings. The van der Waals surface area contributed by atoms with E-state index < -0.39 is 8.32 Å². The standard InChI is InChI=1S/C31H44ClNO3Si/c1-6-37(7-2,8-3)36-29-15-16-31(30-14-11-27(32)18-25(30)20-33-31)26(19-29)17-23(4)21-35-22-24-9-12-28(34-5)13-10-24/h9-14,18-19,23,26,33H,6-8,15-17,20-22H2,1-5H3/t23-,26?,31?/m1/s1. The molecule has 0 bridgehead atoms. The van der Waals surface area contributed by atoms with Crippen LogP contribution in [0, 0.1) is 11.8 Å². The molecule has 2 aromatic rings. The number of hydrogen-bond donors (Lipinski definition) is 1. The van der Waals surface area contributed by atoms with Crippen molar-refractivity contribution < 1.29 is 13.9 Å². The van der Waals surface area contributed by atoms with Crippen LogP contribution in [0.2, 0.25) is 23.2 Å². The van der Waals surface area contributed by atoms with E-state index in [0.29, 0.717) is 18.4 Å². The maximum absolute atomic E-state index is 6.92. The summed E-state index contributed by atoms with van der Waals surface area (Å²) < 4.78 is 18.4. The Bertz CT molecular complexity index is 1060. The van der Waals surface area contributed by atoms with Crippen LogP contribution in [-0.2, 0) is 27.9 Å². The van der Waals surface area contributed by atoms with Gasteiger partial charge in [0.15, 0.2) is 0 Å². The summed E-state index contributed by atoms with van der Waals surface area (Å²) in [7, 11) is -0.0181. The molecule has 1 N–H and O–H groups in total. The van der Waals surface area contributed by atoms with Crippen molar-refractivity contribution in [1.82, 2.24) is 5.32 Å². The minimum absolute atomic E-state index is 0.0636. The van der Waals surface area contributed by atoms with Crippen LogP contribution in [0.1, 0.15) is 63.6 Å². The average Bonchev–Trinajstić information content (AvgIpc) is 3.27. The molecule has 37 heavy (non-hydrogen) atoms. The third-order valence-corrected chi connectivity index (χ3v) is 13.5. The van der Waals surface area contributed by atoms with Gasteiger partial charge in [0.25, 0.3) is 0 Å². The van der Waals surface area contributed by atoms with E-state index in [1.54, 1.807) is 7.11 Å². The summed E-state index contributed by atoms with van der Waals surface area (Å²) in [4.78, 5) is 0. The molecule has 3 atom stereocenters. The highest BCUT2D eigenvalue weighted by atomic mass is 35.5. The zero-order valence-electron chi connectivity index (χ0n) is 23.2. The predicted molar refractivity (Wildman–Crippen MR) is 155 cm³/mol. The molecule has 2 aliphatic rings. The van der Waals surface area contributed by atoms with Gasteiger partial charge >= 0.3 is 0 Å². The third-order valence-electron chi connectivity index (χ3n) is 8.70. The van der Waals surface area contributed by atoms with Crippen molar-refractivity contribution in [1.29, 1.82) is 0 Å². The Labute approximate surface area is 229 Å². The van der Waals surface area contributed by atoms with Crippen molar-refractivity contribution in [2.45, 2.75) is 83.8 Å².